The number of carbonyl (C=O) groups is 1. The maximum atomic E-state index is 13.7. The van der Waals surface area contributed by atoms with Crippen molar-refractivity contribution in [3.8, 4) is 22.8 Å². The number of hydrogen-bond acceptors (Lipinski definition) is 6. The number of carbonyl (C=O) groups excluding carboxylic acids is 1. The monoisotopic (exact) mass is 469 g/mol. The van der Waals surface area contributed by atoms with Crippen molar-refractivity contribution in [2.75, 3.05) is 6.54 Å². The summed E-state index contributed by atoms with van der Waals surface area (Å²) in [4.78, 5) is 10.7. The normalized spacial score (nSPS) is 12.3. The minimum absolute atomic E-state index is 0.0611. The molecule has 1 atom stereocenters. The highest BCUT2D eigenvalue weighted by Crippen LogP contribution is 2.48. The van der Waals surface area contributed by atoms with Gasteiger partial charge in [-0.15, -0.1) is 0 Å². The van der Waals surface area contributed by atoms with Crippen LogP contribution in [0.3, 0.4) is 0 Å². The number of benzene rings is 1. The summed E-state index contributed by atoms with van der Waals surface area (Å²) in [6.07, 6.45) is 0.235. The number of hydrogen-bond donors (Lipinski definition) is 3. The van der Waals surface area contributed by atoms with Gasteiger partial charge in [-0.25, -0.2) is 17.5 Å². The van der Waals surface area contributed by atoms with Gasteiger partial charge in [-0.1, -0.05) is 27.5 Å². The van der Waals surface area contributed by atoms with Gasteiger partial charge in [-0.05, 0) is 24.6 Å². The van der Waals surface area contributed by atoms with E-state index >= 15 is 0 Å². The molecule has 0 aliphatic rings. The molecule has 1 heterocycles. The van der Waals surface area contributed by atoms with E-state index in [0.717, 1.165) is 13.0 Å². The molecule has 2 N–H and O–H groups in total. The van der Waals surface area contributed by atoms with Gasteiger partial charge in [-0.3, -0.25) is 4.79 Å². The summed E-state index contributed by atoms with van der Waals surface area (Å²) in [5.74, 6) is -2.17. The molecule has 1 aromatic carbocycles. The number of esters is 1. The minimum atomic E-state index is -2.76. The first-order valence-electron chi connectivity index (χ1n) is 7.22. The largest absolute Gasteiger partial charge is 0.502 e. The lowest BCUT2D eigenvalue weighted by Crippen LogP contribution is -2.14. The van der Waals surface area contributed by atoms with Crippen LogP contribution in [0.25, 0.3) is 11.3 Å². The van der Waals surface area contributed by atoms with Crippen LogP contribution in [-0.2, 0) is 15.7 Å². The van der Waals surface area contributed by atoms with Crippen molar-refractivity contribution in [3.05, 3.63) is 34.8 Å². The number of thiol groups is 1. The van der Waals surface area contributed by atoms with E-state index < -0.39 is 33.3 Å². The Hall–Kier alpha value is -1.62. The fourth-order valence-electron chi connectivity index (χ4n) is 2.12. The SMILES string of the molecule is CC(=O)Oc1c(C(Br)CCN[SH](=O)=O)oc(-c2ccc(Cl)c(F)c2)c1O. The quantitative estimate of drug-likeness (QED) is 0.326. The van der Waals surface area contributed by atoms with Crippen LogP contribution in [0.4, 0.5) is 4.39 Å². The maximum absolute atomic E-state index is 13.7. The third kappa shape index (κ3) is 4.97. The highest BCUT2D eigenvalue weighted by atomic mass is 79.9. The Kier molecular flexibility index (Phi) is 7.04. The predicted molar refractivity (Wildman–Crippen MR) is 96.7 cm³/mol. The third-order valence-corrected chi connectivity index (χ3v) is 4.88. The van der Waals surface area contributed by atoms with Crippen LogP contribution in [0.15, 0.2) is 22.6 Å². The second kappa shape index (κ2) is 8.85. The van der Waals surface area contributed by atoms with Gasteiger partial charge in [0.15, 0.2) is 11.5 Å². The molecule has 0 amide bonds. The number of furan rings is 1. The zero-order valence-corrected chi connectivity index (χ0v) is 16.5. The van der Waals surface area contributed by atoms with E-state index in [1.165, 1.54) is 12.1 Å². The summed E-state index contributed by atoms with van der Waals surface area (Å²) in [5.41, 5.74) is 0.185. The highest BCUT2D eigenvalue weighted by molar-refractivity contribution is 9.09. The smallest absolute Gasteiger partial charge is 0.308 e. The van der Waals surface area contributed by atoms with Gasteiger partial charge in [0.1, 0.15) is 5.82 Å². The summed E-state index contributed by atoms with van der Waals surface area (Å²) in [6.45, 7) is 1.23. The van der Waals surface area contributed by atoms with Crippen molar-refractivity contribution >= 4 is 44.4 Å². The lowest BCUT2D eigenvalue weighted by Gasteiger charge is -2.08. The standard InChI is InChI=1S/C15H14BrClFNO6S/c1-7(20)24-15-12(21)13(8-2-3-10(17)11(18)6-8)25-14(15)9(16)4-5-19-26(22)23/h2-3,6,9,21,26H,4-5H2,1H3,(H,19,22,23). The van der Waals surface area contributed by atoms with E-state index in [4.69, 9.17) is 20.8 Å². The predicted octanol–water partition coefficient (Wildman–Crippen LogP) is 3.31. The van der Waals surface area contributed by atoms with Gasteiger partial charge >= 0.3 is 5.97 Å². The number of alkyl halides is 1. The Morgan fingerprint density at radius 2 is 2.19 bits per heavy atom. The Labute approximate surface area is 163 Å². The van der Waals surface area contributed by atoms with E-state index in [1.54, 1.807) is 0 Å². The van der Waals surface area contributed by atoms with Gasteiger partial charge < -0.3 is 14.3 Å². The third-order valence-electron chi connectivity index (χ3n) is 3.22. The van der Waals surface area contributed by atoms with Crippen molar-refractivity contribution in [2.45, 2.75) is 18.2 Å². The summed E-state index contributed by atoms with van der Waals surface area (Å²) < 4.78 is 47.6. The fraction of sp³-hybridized carbons (Fsp3) is 0.267. The van der Waals surface area contributed by atoms with Crippen molar-refractivity contribution in [1.29, 1.82) is 0 Å². The van der Waals surface area contributed by atoms with Gasteiger partial charge in [0.05, 0.1) is 9.85 Å². The summed E-state index contributed by atoms with van der Waals surface area (Å²) in [6, 6.07) is 3.78. The van der Waals surface area contributed by atoms with Crippen LogP contribution >= 0.6 is 27.5 Å². The lowest BCUT2D eigenvalue weighted by molar-refractivity contribution is -0.132. The van der Waals surface area contributed by atoms with E-state index in [0.29, 0.717) is 0 Å². The summed E-state index contributed by atoms with van der Waals surface area (Å²) in [7, 11) is -2.76. The Bertz CT molecular complexity index is 893. The molecule has 1 unspecified atom stereocenters. The summed E-state index contributed by atoms with van der Waals surface area (Å²) in [5, 5.41) is 10.3. The Morgan fingerprint density at radius 1 is 1.50 bits per heavy atom. The van der Waals surface area contributed by atoms with Crippen molar-refractivity contribution in [3.63, 3.8) is 0 Å². The molecule has 2 aromatic rings. The van der Waals surface area contributed by atoms with Gasteiger partial charge in [-0.2, -0.15) is 0 Å². The first-order valence-corrected chi connectivity index (χ1v) is 9.69. The zero-order valence-electron chi connectivity index (χ0n) is 13.3. The molecule has 7 nitrogen and oxygen atoms in total. The number of rotatable bonds is 7. The van der Waals surface area contributed by atoms with E-state index in [9.17, 15) is 22.7 Å². The molecule has 0 spiro atoms. The first-order chi connectivity index (χ1) is 12.2. The van der Waals surface area contributed by atoms with Crippen molar-refractivity contribution < 1.29 is 31.9 Å². The number of aromatic hydroxyl groups is 1. The molecule has 0 radical (unpaired) electrons. The number of nitrogens with one attached hydrogen (secondary N) is 1. The molecule has 0 aliphatic heterocycles. The number of halogens is 3. The molecular formula is C15H14BrClFNO6S. The molecule has 26 heavy (non-hydrogen) atoms. The second-order valence-corrected chi connectivity index (χ2v) is 7.46. The second-order valence-electron chi connectivity index (χ2n) is 5.12. The van der Waals surface area contributed by atoms with Crippen molar-refractivity contribution in [1.82, 2.24) is 4.72 Å². The van der Waals surface area contributed by atoms with Crippen molar-refractivity contribution in [2.24, 2.45) is 0 Å². The Balaban J connectivity index is 2.42. The molecule has 1 aromatic heterocycles. The van der Waals surface area contributed by atoms with E-state index in [-0.39, 0.29) is 40.8 Å². The van der Waals surface area contributed by atoms with Crippen LogP contribution in [-0.4, -0.2) is 26.0 Å². The van der Waals surface area contributed by atoms with Crippen LogP contribution in [0.2, 0.25) is 5.02 Å². The molecule has 0 aliphatic carbocycles. The van der Waals surface area contributed by atoms with Crippen LogP contribution in [0.1, 0.15) is 23.9 Å². The van der Waals surface area contributed by atoms with Crippen LogP contribution in [0, 0.1) is 5.82 Å². The molecule has 142 valence electrons. The minimum Gasteiger partial charge on any atom is -0.502 e. The zero-order chi connectivity index (χ0) is 19.4. The lowest BCUT2D eigenvalue weighted by atomic mass is 10.1. The molecule has 0 bridgehead atoms. The average molecular weight is 471 g/mol. The van der Waals surface area contributed by atoms with Gasteiger partial charge in [0.25, 0.3) is 0 Å². The molecule has 0 saturated carbocycles. The van der Waals surface area contributed by atoms with Gasteiger partial charge in [0.2, 0.25) is 22.4 Å². The Morgan fingerprint density at radius 3 is 2.77 bits per heavy atom. The topological polar surface area (TPSA) is 106 Å². The highest BCUT2D eigenvalue weighted by Gasteiger charge is 2.28. The van der Waals surface area contributed by atoms with Crippen LogP contribution in [0.5, 0.6) is 11.5 Å². The van der Waals surface area contributed by atoms with E-state index in [1.807, 2.05) is 0 Å². The molecule has 0 saturated heterocycles. The number of ether oxygens (including phenoxy) is 1. The first kappa shape index (κ1) is 20.7. The van der Waals surface area contributed by atoms with Gasteiger partial charge in [0, 0.05) is 19.0 Å². The molecule has 2 rings (SSSR count). The maximum Gasteiger partial charge on any atom is 0.308 e. The van der Waals surface area contributed by atoms with E-state index in [2.05, 4.69) is 20.7 Å². The average Bonchev–Trinajstić information content (AvgIpc) is 2.86. The van der Waals surface area contributed by atoms with Crippen LogP contribution < -0.4 is 9.46 Å². The molecule has 0 fully saturated rings. The fourth-order valence-corrected chi connectivity index (χ4v) is 3.08. The molecular weight excluding hydrogens is 457 g/mol. The summed E-state index contributed by atoms with van der Waals surface area (Å²) >= 11 is 8.94. The molecule has 11 heteroatoms.